The first-order valence-electron chi connectivity index (χ1n) is 8.13. The predicted molar refractivity (Wildman–Crippen MR) is 85.0 cm³/mol. The minimum atomic E-state index is 0.299. The lowest BCUT2D eigenvalue weighted by Gasteiger charge is -2.29. The fourth-order valence-corrected chi connectivity index (χ4v) is 3.21. The Bertz CT molecular complexity index is 404. The molecule has 0 aliphatic carbocycles. The second-order valence-corrected chi connectivity index (χ2v) is 6.24. The summed E-state index contributed by atoms with van der Waals surface area (Å²) in [5.74, 6) is 0.686. The zero-order valence-corrected chi connectivity index (χ0v) is 13.2. The van der Waals surface area contributed by atoms with Crippen molar-refractivity contribution in [2.45, 2.75) is 58.6 Å². The molecular formula is C18H29NO. The highest BCUT2D eigenvalue weighted by Gasteiger charge is 2.22. The van der Waals surface area contributed by atoms with Gasteiger partial charge in [0.25, 0.3) is 0 Å². The second kappa shape index (κ2) is 7.80. The molecular weight excluding hydrogens is 246 g/mol. The molecule has 0 spiro atoms. The van der Waals surface area contributed by atoms with Crippen molar-refractivity contribution in [2.24, 2.45) is 5.92 Å². The second-order valence-electron chi connectivity index (χ2n) is 6.24. The minimum absolute atomic E-state index is 0.299. The van der Waals surface area contributed by atoms with Gasteiger partial charge in [0.2, 0.25) is 0 Å². The first-order chi connectivity index (χ1) is 9.70. The summed E-state index contributed by atoms with van der Waals surface area (Å²) in [5.41, 5.74) is 2.90. The highest BCUT2D eigenvalue weighted by atomic mass is 16.5. The Kier molecular flexibility index (Phi) is 6.06. The van der Waals surface area contributed by atoms with E-state index in [-0.39, 0.29) is 0 Å². The van der Waals surface area contributed by atoms with Crippen molar-refractivity contribution in [3.05, 3.63) is 35.4 Å². The van der Waals surface area contributed by atoms with Crippen LogP contribution in [0.25, 0.3) is 0 Å². The van der Waals surface area contributed by atoms with Crippen LogP contribution in [0.1, 0.15) is 57.3 Å². The summed E-state index contributed by atoms with van der Waals surface area (Å²) < 4.78 is 6.02. The summed E-state index contributed by atoms with van der Waals surface area (Å²) in [4.78, 5) is 0. The van der Waals surface area contributed by atoms with E-state index < -0.39 is 0 Å². The van der Waals surface area contributed by atoms with Gasteiger partial charge in [0.05, 0.1) is 12.7 Å². The van der Waals surface area contributed by atoms with E-state index in [1.165, 1.54) is 24.0 Å². The van der Waals surface area contributed by atoms with E-state index in [1.807, 2.05) is 0 Å². The molecule has 3 atom stereocenters. The van der Waals surface area contributed by atoms with E-state index in [0.29, 0.717) is 18.1 Å². The lowest BCUT2D eigenvalue weighted by atomic mass is 9.89. The summed E-state index contributed by atoms with van der Waals surface area (Å²) in [6.45, 7) is 8.86. The number of ether oxygens (including phenoxy) is 1. The third-order valence-corrected chi connectivity index (χ3v) is 4.21. The maximum Gasteiger partial charge on any atom is 0.0830 e. The number of fused-ring (bicyclic) bond motifs is 1. The lowest BCUT2D eigenvalue weighted by molar-refractivity contribution is 0.0253. The van der Waals surface area contributed by atoms with Gasteiger partial charge in [-0.1, -0.05) is 38.1 Å². The smallest absolute Gasteiger partial charge is 0.0830 e. The predicted octanol–water partition coefficient (Wildman–Crippen LogP) is 4.10. The van der Waals surface area contributed by atoms with Crippen molar-refractivity contribution in [2.75, 3.05) is 13.2 Å². The van der Waals surface area contributed by atoms with Crippen molar-refractivity contribution < 1.29 is 4.74 Å². The van der Waals surface area contributed by atoms with Gasteiger partial charge in [0, 0.05) is 6.04 Å². The van der Waals surface area contributed by atoms with Crippen LogP contribution in [0, 0.1) is 5.92 Å². The zero-order chi connectivity index (χ0) is 14.4. The monoisotopic (exact) mass is 275 g/mol. The molecule has 20 heavy (non-hydrogen) atoms. The van der Waals surface area contributed by atoms with Crippen molar-refractivity contribution >= 4 is 0 Å². The number of hydrogen-bond acceptors (Lipinski definition) is 2. The zero-order valence-electron chi connectivity index (χ0n) is 13.2. The highest BCUT2D eigenvalue weighted by molar-refractivity contribution is 5.30. The van der Waals surface area contributed by atoms with Crippen LogP contribution in [-0.4, -0.2) is 19.2 Å². The maximum atomic E-state index is 6.02. The van der Waals surface area contributed by atoms with Crippen LogP contribution in [0.5, 0.6) is 0 Å². The topological polar surface area (TPSA) is 21.3 Å². The van der Waals surface area contributed by atoms with E-state index in [2.05, 4.69) is 50.4 Å². The van der Waals surface area contributed by atoms with E-state index in [4.69, 9.17) is 4.74 Å². The Labute approximate surface area is 123 Å². The average molecular weight is 275 g/mol. The molecule has 0 radical (unpaired) electrons. The molecule has 0 amide bonds. The summed E-state index contributed by atoms with van der Waals surface area (Å²) >= 11 is 0. The van der Waals surface area contributed by atoms with Gasteiger partial charge >= 0.3 is 0 Å². The summed E-state index contributed by atoms with van der Waals surface area (Å²) in [6, 6.07) is 9.37. The van der Waals surface area contributed by atoms with Gasteiger partial charge in [-0.25, -0.2) is 0 Å². The fraction of sp³-hybridized carbons (Fsp3) is 0.667. The summed E-state index contributed by atoms with van der Waals surface area (Å²) in [6.07, 6.45) is 4.93. The number of rotatable bonds is 7. The molecule has 1 aliphatic heterocycles. The molecule has 2 nitrogen and oxygen atoms in total. The molecule has 1 aliphatic rings. The maximum absolute atomic E-state index is 6.02. The molecule has 2 heteroatoms. The normalized spacial score (nSPS) is 21.2. The summed E-state index contributed by atoms with van der Waals surface area (Å²) in [5, 5.41) is 3.58. The van der Waals surface area contributed by atoms with Crippen LogP contribution in [0.4, 0.5) is 0 Å². The first-order valence-corrected chi connectivity index (χ1v) is 8.13. The van der Waals surface area contributed by atoms with Crippen molar-refractivity contribution in [1.82, 2.24) is 5.32 Å². The van der Waals surface area contributed by atoms with E-state index >= 15 is 0 Å². The minimum Gasteiger partial charge on any atom is -0.373 e. The van der Waals surface area contributed by atoms with Crippen molar-refractivity contribution in [3.8, 4) is 0 Å². The average Bonchev–Trinajstić information content (AvgIpc) is 2.45. The van der Waals surface area contributed by atoms with E-state index in [9.17, 15) is 0 Å². The Morgan fingerprint density at radius 1 is 1.30 bits per heavy atom. The molecule has 3 unspecified atom stereocenters. The van der Waals surface area contributed by atoms with Gasteiger partial charge in [0.15, 0.2) is 0 Å². The third-order valence-electron chi connectivity index (χ3n) is 4.21. The lowest BCUT2D eigenvalue weighted by Crippen LogP contribution is -2.29. The van der Waals surface area contributed by atoms with Crippen LogP contribution in [-0.2, 0) is 11.2 Å². The largest absolute Gasteiger partial charge is 0.373 e. The van der Waals surface area contributed by atoms with Crippen LogP contribution in [0.2, 0.25) is 0 Å². The molecule has 1 N–H and O–H groups in total. The van der Waals surface area contributed by atoms with E-state index in [1.54, 1.807) is 0 Å². The van der Waals surface area contributed by atoms with E-state index in [0.717, 1.165) is 26.0 Å². The molecule has 0 fully saturated rings. The van der Waals surface area contributed by atoms with Gasteiger partial charge in [-0.05, 0) is 56.2 Å². The van der Waals surface area contributed by atoms with Gasteiger partial charge in [-0.3, -0.25) is 0 Å². The molecule has 1 aromatic carbocycles. The van der Waals surface area contributed by atoms with Crippen LogP contribution in [0.3, 0.4) is 0 Å². The molecule has 0 bridgehead atoms. The molecule has 1 heterocycles. The molecule has 112 valence electrons. The van der Waals surface area contributed by atoms with Gasteiger partial charge < -0.3 is 10.1 Å². The Balaban J connectivity index is 1.87. The quantitative estimate of drug-likeness (QED) is 0.808. The number of hydrogen-bond donors (Lipinski definition) is 1. The SMILES string of the molecule is CCCNC(C)CC(C)CC1OCCc2ccccc21. The molecule has 1 aromatic rings. The van der Waals surface area contributed by atoms with Crippen LogP contribution in [0.15, 0.2) is 24.3 Å². The first kappa shape index (κ1) is 15.5. The number of nitrogens with one attached hydrogen (secondary N) is 1. The van der Waals surface area contributed by atoms with Gasteiger partial charge in [-0.15, -0.1) is 0 Å². The Hall–Kier alpha value is -0.860. The van der Waals surface area contributed by atoms with Crippen molar-refractivity contribution in [3.63, 3.8) is 0 Å². The fourth-order valence-electron chi connectivity index (χ4n) is 3.21. The molecule has 2 rings (SSSR count). The standard InChI is InChI=1S/C18H29NO/c1-4-10-19-15(3)12-14(2)13-18-17-8-6-5-7-16(17)9-11-20-18/h5-8,14-15,18-19H,4,9-13H2,1-3H3. The number of benzene rings is 1. The van der Waals surface area contributed by atoms with Gasteiger partial charge in [-0.2, -0.15) is 0 Å². The highest BCUT2D eigenvalue weighted by Crippen LogP contribution is 2.32. The van der Waals surface area contributed by atoms with Gasteiger partial charge in [0.1, 0.15) is 0 Å². The Morgan fingerprint density at radius 3 is 2.90 bits per heavy atom. The Morgan fingerprint density at radius 2 is 2.10 bits per heavy atom. The molecule has 0 saturated carbocycles. The summed E-state index contributed by atoms with van der Waals surface area (Å²) in [7, 11) is 0. The third kappa shape index (κ3) is 4.32. The van der Waals surface area contributed by atoms with Crippen LogP contribution < -0.4 is 5.32 Å². The molecule has 0 saturated heterocycles. The van der Waals surface area contributed by atoms with Crippen molar-refractivity contribution in [1.29, 1.82) is 0 Å². The van der Waals surface area contributed by atoms with Crippen LogP contribution >= 0.6 is 0 Å². The molecule has 0 aromatic heterocycles.